The van der Waals surface area contributed by atoms with Crippen LogP contribution in [0.15, 0.2) is 65.6 Å². The normalized spacial score (nSPS) is 13.9. The highest BCUT2D eigenvalue weighted by atomic mass is 35.5. The average Bonchev–Trinajstić information content (AvgIpc) is 3.57. The monoisotopic (exact) mass is 553 g/mol. The van der Waals surface area contributed by atoms with E-state index in [1.165, 1.54) is 23.1 Å². The Hall–Kier alpha value is -3.44. The van der Waals surface area contributed by atoms with Gasteiger partial charge in [0.1, 0.15) is 17.3 Å². The number of morpholine rings is 1. The van der Waals surface area contributed by atoms with Gasteiger partial charge in [-0.15, -0.1) is 11.3 Å². The van der Waals surface area contributed by atoms with Gasteiger partial charge in [0.15, 0.2) is 0 Å². The minimum atomic E-state index is -0.371. The summed E-state index contributed by atoms with van der Waals surface area (Å²) < 4.78 is 14.5. The van der Waals surface area contributed by atoms with Crippen molar-refractivity contribution in [3.63, 3.8) is 0 Å². The van der Waals surface area contributed by atoms with Gasteiger partial charge in [0, 0.05) is 43.3 Å². The number of anilines is 1. The van der Waals surface area contributed by atoms with Crippen molar-refractivity contribution in [1.29, 1.82) is 0 Å². The van der Waals surface area contributed by atoms with Gasteiger partial charge < -0.3 is 19.4 Å². The average molecular weight is 554 g/mol. The van der Waals surface area contributed by atoms with E-state index in [9.17, 15) is 9.59 Å². The molecule has 0 atom stereocenters. The molecule has 0 saturated carbocycles. The summed E-state index contributed by atoms with van der Waals surface area (Å²) in [7, 11) is 1.52. The molecule has 1 N–H and O–H groups in total. The Morgan fingerprint density at radius 1 is 1.13 bits per heavy atom. The number of rotatable bonds is 9. The predicted octanol–water partition coefficient (Wildman–Crippen LogP) is 4.07. The first-order chi connectivity index (χ1) is 18.5. The molecule has 1 aromatic carbocycles. The highest BCUT2D eigenvalue weighted by Crippen LogP contribution is 2.26. The van der Waals surface area contributed by atoms with Crippen LogP contribution in [-0.4, -0.2) is 65.1 Å². The fourth-order valence-corrected chi connectivity index (χ4v) is 5.36. The molecule has 4 heterocycles. The van der Waals surface area contributed by atoms with Crippen molar-refractivity contribution in [3.05, 3.63) is 85.9 Å². The summed E-state index contributed by atoms with van der Waals surface area (Å²) in [6, 6.07) is 16.0. The Morgan fingerprint density at radius 2 is 1.95 bits per heavy atom. The van der Waals surface area contributed by atoms with Crippen molar-refractivity contribution in [1.82, 2.24) is 19.2 Å². The number of hydrogen-bond donors (Lipinski definition) is 1. The number of halogens is 1. The molecule has 1 fully saturated rings. The van der Waals surface area contributed by atoms with E-state index < -0.39 is 0 Å². The number of pyridine rings is 1. The van der Waals surface area contributed by atoms with Crippen LogP contribution in [0.2, 0.25) is 4.34 Å². The van der Waals surface area contributed by atoms with E-state index in [0.717, 1.165) is 24.5 Å². The largest absolute Gasteiger partial charge is 0.496 e. The third-order valence-corrected chi connectivity index (χ3v) is 7.60. The van der Waals surface area contributed by atoms with Crippen LogP contribution >= 0.6 is 22.9 Å². The Morgan fingerprint density at radius 3 is 2.71 bits per heavy atom. The van der Waals surface area contributed by atoms with Gasteiger partial charge in [0.05, 0.1) is 42.3 Å². The Bertz CT molecular complexity index is 1470. The molecule has 0 spiro atoms. The molecule has 198 valence electrons. The Balaban J connectivity index is 1.46. The minimum absolute atomic E-state index is 0.160. The maximum Gasteiger partial charge on any atom is 0.283 e. The van der Waals surface area contributed by atoms with E-state index in [4.69, 9.17) is 21.1 Å². The summed E-state index contributed by atoms with van der Waals surface area (Å²) in [5, 5.41) is 7.87. The maximum absolute atomic E-state index is 13.6. The predicted molar refractivity (Wildman–Crippen MR) is 149 cm³/mol. The first-order valence-corrected chi connectivity index (χ1v) is 13.5. The lowest BCUT2D eigenvalue weighted by Gasteiger charge is -2.26. The van der Waals surface area contributed by atoms with E-state index in [1.54, 1.807) is 47.2 Å². The second-order valence-corrected chi connectivity index (χ2v) is 10.6. The van der Waals surface area contributed by atoms with Crippen molar-refractivity contribution in [2.24, 2.45) is 0 Å². The topological polar surface area (TPSA) is 90.6 Å². The third-order valence-electron chi connectivity index (χ3n) is 6.37. The molecule has 11 heteroatoms. The lowest BCUT2D eigenvalue weighted by molar-refractivity contribution is 0.0363. The molecule has 0 aliphatic carbocycles. The molecule has 4 aromatic rings. The van der Waals surface area contributed by atoms with Gasteiger partial charge in [0.25, 0.3) is 11.5 Å². The summed E-state index contributed by atoms with van der Waals surface area (Å²) in [4.78, 5) is 30.3. The van der Waals surface area contributed by atoms with Gasteiger partial charge in [-0.3, -0.25) is 14.5 Å². The van der Waals surface area contributed by atoms with Crippen LogP contribution in [0.3, 0.4) is 0 Å². The number of hydrogen-bond acceptors (Lipinski definition) is 8. The molecule has 1 saturated heterocycles. The first kappa shape index (κ1) is 26.2. The maximum atomic E-state index is 13.6. The van der Waals surface area contributed by atoms with Crippen molar-refractivity contribution in [2.75, 3.05) is 45.3 Å². The fourth-order valence-electron chi connectivity index (χ4n) is 4.34. The van der Waals surface area contributed by atoms with Crippen LogP contribution in [0.5, 0.6) is 5.75 Å². The van der Waals surface area contributed by atoms with Gasteiger partial charge in [-0.1, -0.05) is 23.7 Å². The van der Waals surface area contributed by atoms with Gasteiger partial charge in [-0.05, 0) is 36.4 Å². The molecule has 0 amide bonds. The molecule has 1 aliphatic heterocycles. The number of methoxy groups -OCH3 is 1. The van der Waals surface area contributed by atoms with Gasteiger partial charge >= 0.3 is 0 Å². The zero-order valence-electron chi connectivity index (χ0n) is 20.9. The standard InChI is InChI=1S/C27H28ClN5O4S/c1-36-23-7-3-2-5-21(23)27(35)33-25(29-18-19-8-9-24(28)38-19)17-22(30-33)20-6-4-10-32(26(20)34)12-11-31-13-15-37-16-14-31/h2-10,17,29H,11-16,18H2,1H3. The smallest absolute Gasteiger partial charge is 0.283 e. The quantitative estimate of drug-likeness (QED) is 0.334. The first-order valence-electron chi connectivity index (χ1n) is 12.3. The van der Waals surface area contributed by atoms with Crippen LogP contribution in [-0.2, 0) is 17.8 Å². The highest BCUT2D eigenvalue weighted by Gasteiger charge is 2.21. The lowest BCUT2D eigenvalue weighted by atomic mass is 10.2. The van der Waals surface area contributed by atoms with E-state index in [2.05, 4.69) is 15.3 Å². The number of thiophene rings is 1. The highest BCUT2D eigenvalue weighted by molar-refractivity contribution is 7.16. The fraction of sp³-hybridized carbons (Fsp3) is 0.296. The molecular formula is C27H28ClN5O4S. The molecule has 0 unspecified atom stereocenters. The number of nitrogens with zero attached hydrogens (tertiary/aromatic N) is 4. The van der Waals surface area contributed by atoms with Crippen molar-refractivity contribution in [2.45, 2.75) is 13.1 Å². The molecule has 3 aromatic heterocycles. The van der Waals surface area contributed by atoms with E-state index >= 15 is 0 Å². The van der Waals surface area contributed by atoms with E-state index in [0.29, 0.717) is 59.0 Å². The van der Waals surface area contributed by atoms with Gasteiger partial charge in [0.2, 0.25) is 0 Å². The Kier molecular flexibility index (Phi) is 8.23. The van der Waals surface area contributed by atoms with Gasteiger partial charge in [-0.2, -0.15) is 9.78 Å². The number of aromatic nitrogens is 3. The third kappa shape index (κ3) is 5.83. The zero-order valence-corrected chi connectivity index (χ0v) is 22.5. The second-order valence-electron chi connectivity index (χ2n) is 8.77. The summed E-state index contributed by atoms with van der Waals surface area (Å²) in [6.07, 6.45) is 1.78. The van der Waals surface area contributed by atoms with E-state index in [1.807, 2.05) is 18.2 Å². The van der Waals surface area contributed by atoms with Crippen LogP contribution in [0.1, 0.15) is 15.2 Å². The van der Waals surface area contributed by atoms with Crippen molar-refractivity contribution in [3.8, 4) is 17.0 Å². The van der Waals surface area contributed by atoms with Crippen LogP contribution in [0, 0.1) is 0 Å². The van der Waals surface area contributed by atoms with Crippen LogP contribution in [0.25, 0.3) is 11.3 Å². The molecule has 38 heavy (non-hydrogen) atoms. The van der Waals surface area contributed by atoms with Crippen molar-refractivity contribution >= 4 is 34.7 Å². The number of ether oxygens (including phenoxy) is 2. The molecule has 0 bridgehead atoms. The SMILES string of the molecule is COc1ccccc1C(=O)n1nc(-c2cccn(CCN3CCOCC3)c2=O)cc1NCc1ccc(Cl)s1. The van der Waals surface area contributed by atoms with Crippen LogP contribution < -0.4 is 15.6 Å². The zero-order chi connectivity index (χ0) is 26.5. The number of para-hydroxylation sites is 1. The molecular weight excluding hydrogens is 526 g/mol. The Labute approximate surface area is 229 Å². The molecule has 9 nitrogen and oxygen atoms in total. The lowest BCUT2D eigenvalue weighted by Crippen LogP contribution is -2.39. The summed E-state index contributed by atoms with van der Waals surface area (Å²) in [6.45, 7) is 4.88. The molecule has 0 radical (unpaired) electrons. The summed E-state index contributed by atoms with van der Waals surface area (Å²) in [5.74, 6) is 0.531. The molecule has 5 rings (SSSR count). The summed E-state index contributed by atoms with van der Waals surface area (Å²) >= 11 is 7.54. The number of carbonyl (C=O) groups is 1. The molecule has 1 aliphatic rings. The van der Waals surface area contributed by atoms with Gasteiger partial charge in [-0.25, -0.2) is 0 Å². The van der Waals surface area contributed by atoms with Crippen LogP contribution in [0.4, 0.5) is 5.82 Å². The second kappa shape index (κ2) is 12.0. The summed E-state index contributed by atoms with van der Waals surface area (Å²) in [5.41, 5.74) is 1.03. The minimum Gasteiger partial charge on any atom is -0.496 e. The van der Waals surface area contributed by atoms with E-state index in [-0.39, 0.29) is 11.5 Å². The van der Waals surface area contributed by atoms with Crippen molar-refractivity contribution < 1.29 is 14.3 Å². The number of nitrogens with one attached hydrogen (secondary N) is 1. The number of carbonyl (C=O) groups excluding carboxylic acids is 1. The number of benzene rings is 1.